The van der Waals surface area contributed by atoms with Crippen LogP contribution >= 0.6 is 0 Å². The normalized spacial score (nSPS) is 11.2. The number of rotatable bonds is 9. The van der Waals surface area contributed by atoms with Crippen LogP contribution in [0.5, 0.6) is 5.75 Å². The summed E-state index contributed by atoms with van der Waals surface area (Å²) in [5, 5.41) is 0. The predicted molar refractivity (Wildman–Crippen MR) is 130 cm³/mol. The Morgan fingerprint density at radius 1 is 0.912 bits per heavy atom. The van der Waals surface area contributed by atoms with Crippen molar-refractivity contribution >= 4 is 6.16 Å². The highest BCUT2D eigenvalue weighted by Crippen LogP contribution is 2.42. The minimum atomic E-state index is -0.803. The fourth-order valence-corrected chi connectivity index (χ4v) is 3.76. The van der Waals surface area contributed by atoms with E-state index in [1.807, 2.05) is 44.2 Å². The van der Waals surface area contributed by atoms with Gasteiger partial charge in [0.25, 0.3) is 0 Å². The van der Waals surface area contributed by atoms with E-state index in [2.05, 4.69) is 13.8 Å². The number of nitrogens with zero attached hydrogens (tertiary/aromatic N) is 1. The average molecular weight is 466 g/mol. The molecule has 0 amide bonds. The number of ether oxygens (including phenoxy) is 3. The molecule has 1 aromatic heterocycles. The standard InChI is InChI=1S/C28H32FNO4/c1-6-33-28(31)34-27-24(21-12-14-22(29)15-13-21)23(17-32-16-20-10-8-7-9-11-20)25(18(2)3)30-26(27)19(4)5/h7-15,18-19H,6,16-17H2,1-5H3. The number of carbonyl (C=O) groups is 1. The molecule has 0 saturated heterocycles. The van der Waals surface area contributed by atoms with Crippen LogP contribution in [0.2, 0.25) is 0 Å². The van der Waals surface area contributed by atoms with Crippen LogP contribution in [0.25, 0.3) is 11.1 Å². The largest absolute Gasteiger partial charge is 0.513 e. The third-order valence-electron chi connectivity index (χ3n) is 5.34. The van der Waals surface area contributed by atoms with Gasteiger partial charge in [0.1, 0.15) is 5.82 Å². The second kappa shape index (κ2) is 11.7. The fraction of sp³-hybridized carbons (Fsp3) is 0.357. The van der Waals surface area contributed by atoms with Crippen molar-refractivity contribution in [1.82, 2.24) is 4.98 Å². The third-order valence-corrected chi connectivity index (χ3v) is 5.34. The minimum absolute atomic E-state index is 0.0274. The first kappa shape index (κ1) is 25.4. The molecule has 2 aromatic carbocycles. The van der Waals surface area contributed by atoms with Gasteiger partial charge in [-0.15, -0.1) is 0 Å². The molecule has 0 saturated carbocycles. The van der Waals surface area contributed by atoms with E-state index < -0.39 is 6.16 Å². The first-order valence-electron chi connectivity index (χ1n) is 11.6. The molecule has 0 N–H and O–H groups in total. The van der Waals surface area contributed by atoms with Crippen molar-refractivity contribution in [3.05, 3.63) is 82.9 Å². The summed E-state index contributed by atoms with van der Waals surface area (Å²) in [6.45, 7) is 10.7. The number of carbonyl (C=O) groups excluding carboxylic acids is 1. The lowest BCUT2D eigenvalue weighted by Crippen LogP contribution is -2.16. The highest BCUT2D eigenvalue weighted by molar-refractivity contribution is 5.79. The van der Waals surface area contributed by atoms with E-state index in [0.717, 1.165) is 16.8 Å². The number of hydrogen-bond donors (Lipinski definition) is 0. The Labute approximate surface area is 200 Å². The van der Waals surface area contributed by atoms with Crippen LogP contribution in [0.4, 0.5) is 9.18 Å². The summed E-state index contributed by atoms with van der Waals surface area (Å²) in [5.74, 6) is 0.0348. The van der Waals surface area contributed by atoms with E-state index in [0.29, 0.717) is 29.2 Å². The van der Waals surface area contributed by atoms with Gasteiger partial charge in [0.05, 0.1) is 25.5 Å². The summed E-state index contributed by atoms with van der Waals surface area (Å²) < 4.78 is 30.7. The molecular weight excluding hydrogens is 433 g/mol. The van der Waals surface area contributed by atoms with E-state index >= 15 is 0 Å². The molecule has 180 valence electrons. The summed E-state index contributed by atoms with van der Waals surface area (Å²) in [4.78, 5) is 17.3. The Balaban J connectivity index is 2.18. The maximum Gasteiger partial charge on any atom is 0.513 e. The molecule has 0 radical (unpaired) electrons. The van der Waals surface area contributed by atoms with Gasteiger partial charge < -0.3 is 14.2 Å². The number of benzene rings is 2. The van der Waals surface area contributed by atoms with Gasteiger partial charge in [-0.05, 0) is 42.0 Å². The van der Waals surface area contributed by atoms with Crippen molar-refractivity contribution in [1.29, 1.82) is 0 Å². The zero-order chi connectivity index (χ0) is 24.7. The third kappa shape index (κ3) is 6.20. The lowest BCUT2D eigenvalue weighted by Gasteiger charge is -2.24. The van der Waals surface area contributed by atoms with E-state index in [1.165, 1.54) is 12.1 Å². The molecule has 0 aliphatic carbocycles. The lowest BCUT2D eigenvalue weighted by molar-refractivity contribution is 0.101. The summed E-state index contributed by atoms with van der Waals surface area (Å²) in [5.41, 5.74) is 4.73. The van der Waals surface area contributed by atoms with Crippen LogP contribution < -0.4 is 4.74 Å². The molecule has 0 fully saturated rings. The fourth-order valence-electron chi connectivity index (χ4n) is 3.76. The van der Waals surface area contributed by atoms with Gasteiger partial charge in [0, 0.05) is 16.8 Å². The smallest absolute Gasteiger partial charge is 0.434 e. The highest BCUT2D eigenvalue weighted by Gasteiger charge is 2.27. The number of hydrogen-bond acceptors (Lipinski definition) is 5. The molecule has 0 atom stereocenters. The Hall–Kier alpha value is -3.25. The highest BCUT2D eigenvalue weighted by atomic mass is 19.1. The summed E-state index contributed by atoms with van der Waals surface area (Å²) in [7, 11) is 0. The van der Waals surface area contributed by atoms with Gasteiger partial charge in [-0.1, -0.05) is 70.2 Å². The second-order valence-corrected chi connectivity index (χ2v) is 8.64. The van der Waals surface area contributed by atoms with Gasteiger partial charge >= 0.3 is 6.16 Å². The van der Waals surface area contributed by atoms with Crippen LogP contribution in [0.15, 0.2) is 54.6 Å². The first-order chi connectivity index (χ1) is 16.3. The second-order valence-electron chi connectivity index (χ2n) is 8.64. The van der Waals surface area contributed by atoms with E-state index in [9.17, 15) is 9.18 Å². The van der Waals surface area contributed by atoms with Crippen molar-refractivity contribution in [2.75, 3.05) is 6.61 Å². The summed E-state index contributed by atoms with van der Waals surface area (Å²) in [6, 6.07) is 16.0. The van der Waals surface area contributed by atoms with Crippen molar-refractivity contribution in [3.63, 3.8) is 0 Å². The van der Waals surface area contributed by atoms with Gasteiger partial charge in [-0.3, -0.25) is 4.98 Å². The van der Waals surface area contributed by atoms with Crippen molar-refractivity contribution in [3.8, 4) is 16.9 Å². The van der Waals surface area contributed by atoms with Gasteiger partial charge in [-0.2, -0.15) is 0 Å². The molecule has 0 bridgehead atoms. The van der Waals surface area contributed by atoms with E-state index in [4.69, 9.17) is 19.2 Å². The van der Waals surface area contributed by atoms with E-state index in [1.54, 1.807) is 19.1 Å². The first-order valence-corrected chi connectivity index (χ1v) is 11.6. The monoisotopic (exact) mass is 465 g/mol. The van der Waals surface area contributed by atoms with E-state index in [-0.39, 0.29) is 30.9 Å². The Kier molecular flexibility index (Phi) is 8.77. The molecule has 1 heterocycles. The van der Waals surface area contributed by atoms with Gasteiger partial charge in [0.15, 0.2) is 5.75 Å². The topological polar surface area (TPSA) is 57.7 Å². The van der Waals surface area contributed by atoms with Gasteiger partial charge in [0.2, 0.25) is 0 Å². The number of aromatic nitrogens is 1. The van der Waals surface area contributed by atoms with Crippen LogP contribution in [0.1, 0.15) is 69.0 Å². The molecule has 0 aliphatic rings. The van der Waals surface area contributed by atoms with Gasteiger partial charge in [-0.25, -0.2) is 9.18 Å². The van der Waals surface area contributed by atoms with Crippen LogP contribution in [-0.2, 0) is 22.7 Å². The van der Waals surface area contributed by atoms with Crippen molar-refractivity contribution < 1.29 is 23.4 Å². The molecular formula is C28H32FNO4. The number of halogens is 1. The Morgan fingerprint density at radius 3 is 2.15 bits per heavy atom. The van der Waals surface area contributed by atoms with Crippen molar-refractivity contribution in [2.45, 2.75) is 59.7 Å². The van der Waals surface area contributed by atoms with Crippen LogP contribution in [-0.4, -0.2) is 17.7 Å². The molecule has 3 aromatic rings. The summed E-state index contributed by atoms with van der Waals surface area (Å²) >= 11 is 0. The minimum Gasteiger partial charge on any atom is -0.434 e. The number of pyridine rings is 1. The summed E-state index contributed by atoms with van der Waals surface area (Å²) in [6.07, 6.45) is -0.803. The molecule has 0 spiro atoms. The maximum absolute atomic E-state index is 13.8. The molecule has 0 unspecified atom stereocenters. The Bertz CT molecular complexity index is 1100. The predicted octanol–water partition coefficient (Wildman–Crippen LogP) is 7.39. The Morgan fingerprint density at radius 2 is 1.56 bits per heavy atom. The van der Waals surface area contributed by atoms with Crippen LogP contribution in [0, 0.1) is 5.82 Å². The molecule has 34 heavy (non-hydrogen) atoms. The zero-order valence-corrected chi connectivity index (χ0v) is 20.4. The van der Waals surface area contributed by atoms with Crippen LogP contribution in [0.3, 0.4) is 0 Å². The van der Waals surface area contributed by atoms with Crippen molar-refractivity contribution in [2.24, 2.45) is 0 Å². The maximum atomic E-state index is 13.8. The molecule has 5 nitrogen and oxygen atoms in total. The average Bonchev–Trinajstić information content (AvgIpc) is 2.80. The molecule has 3 rings (SSSR count). The lowest BCUT2D eigenvalue weighted by atomic mass is 9.91. The quantitative estimate of drug-likeness (QED) is 0.308. The molecule has 6 heteroatoms. The molecule has 0 aliphatic heterocycles. The SMILES string of the molecule is CCOC(=O)Oc1c(C(C)C)nc(C(C)C)c(COCc2ccccc2)c1-c1ccc(F)cc1. The zero-order valence-electron chi connectivity index (χ0n) is 20.4.